The maximum atomic E-state index is 13.1. The van der Waals surface area contributed by atoms with Crippen molar-refractivity contribution in [1.29, 1.82) is 0 Å². The van der Waals surface area contributed by atoms with E-state index in [4.69, 9.17) is 4.74 Å². The first-order valence-electron chi connectivity index (χ1n) is 8.82. The summed E-state index contributed by atoms with van der Waals surface area (Å²) >= 11 is 0. The van der Waals surface area contributed by atoms with Crippen LogP contribution >= 0.6 is 0 Å². The maximum Gasteiger partial charge on any atom is 0.128 e. The standard InChI is InChI=1S/C20H22FNO4/c21-14-3-1-13(2-4-14)20(25)7-9-22(10-8-20)17-12-26-18-11-15(23)5-6-16(18)19(17)24/h1-6,11,17,19,23-25H,7-10,12H2/t17?,19-/m0/s1. The molecule has 2 aromatic carbocycles. The van der Waals surface area contributed by atoms with Crippen LogP contribution in [-0.4, -0.2) is 46.0 Å². The number of hydrogen-bond donors (Lipinski definition) is 3. The van der Waals surface area contributed by atoms with Crippen molar-refractivity contribution in [2.24, 2.45) is 0 Å². The number of nitrogens with zero attached hydrogens (tertiary/aromatic N) is 1. The van der Waals surface area contributed by atoms with E-state index in [1.165, 1.54) is 24.3 Å². The van der Waals surface area contributed by atoms with Gasteiger partial charge in [0.15, 0.2) is 0 Å². The smallest absolute Gasteiger partial charge is 0.128 e. The lowest BCUT2D eigenvalue weighted by atomic mass is 9.83. The van der Waals surface area contributed by atoms with Gasteiger partial charge in [-0.15, -0.1) is 0 Å². The molecule has 1 fully saturated rings. The van der Waals surface area contributed by atoms with Gasteiger partial charge >= 0.3 is 0 Å². The number of rotatable bonds is 2. The Kier molecular flexibility index (Phi) is 4.34. The lowest BCUT2D eigenvalue weighted by molar-refractivity contribution is -0.0665. The molecule has 1 unspecified atom stereocenters. The second-order valence-electron chi connectivity index (χ2n) is 7.12. The summed E-state index contributed by atoms with van der Waals surface area (Å²) in [5.41, 5.74) is 0.409. The Morgan fingerprint density at radius 1 is 1.08 bits per heavy atom. The molecule has 1 saturated heterocycles. The van der Waals surface area contributed by atoms with Crippen LogP contribution in [0.4, 0.5) is 4.39 Å². The second kappa shape index (κ2) is 6.54. The average molecular weight is 359 g/mol. The molecular weight excluding hydrogens is 337 g/mol. The van der Waals surface area contributed by atoms with Crippen molar-refractivity contribution in [3.8, 4) is 11.5 Å². The van der Waals surface area contributed by atoms with Crippen molar-refractivity contribution in [3.63, 3.8) is 0 Å². The molecule has 26 heavy (non-hydrogen) atoms. The third kappa shape index (κ3) is 3.05. The molecule has 6 heteroatoms. The molecule has 0 radical (unpaired) electrons. The average Bonchev–Trinajstić information content (AvgIpc) is 2.63. The van der Waals surface area contributed by atoms with Crippen molar-refractivity contribution < 1.29 is 24.4 Å². The molecule has 2 aliphatic rings. The predicted molar refractivity (Wildman–Crippen MR) is 93.5 cm³/mol. The minimum atomic E-state index is -0.978. The van der Waals surface area contributed by atoms with Crippen molar-refractivity contribution in [2.45, 2.75) is 30.6 Å². The van der Waals surface area contributed by atoms with Crippen molar-refractivity contribution in [3.05, 3.63) is 59.4 Å². The number of phenols is 1. The quantitative estimate of drug-likeness (QED) is 0.767. The summed E-state index contributed by atoms with van der Waals surface area (Å²) in [5, 5.41) is 31.2. The SMILES string of the molecule is Oc1ccc2c(c1)OCC(N1CCC(O)(c3ccc(F)cc3)CC1)[C@H]2O. The Hall–Kier alpha value is -2.15. The molecule has 5 nitrogen and oxygen atoms in total. The first kappa shape index (κ1) is 17.3. The highest BCUT2D eigenvalue weighted by Gasteiger charge is 2.40. The topological polar surface area (TPSA) is 73.2 Å². The minimum Gasteiger partial charge on any atom is -0.508 e. The summed E-state index contributed by atoms with van der Waals surface area (Å²) in [5.74, 6) is 0.298. The highest BCUT2D eigenvalue weighted by molar-refractivity contribution is 5.43. The molecule has 2 aromatic rings. The normalized spacial score (nSPS) is 25.3. The highest BCUT2D eigenvalue weighted by Crippen LogP contribution is 2.39. The predicted octanol–water partition coefficient (Wildman–Crippen LogP) is 2.31. The number of fused-ring (bicyclic) bond motifs is 1. The zero-order chi connectivity index (χ0) is 18.3. The Labute approximate surface area is 151 Å². The monoisotopic (exact) mass is 359 g/mol. The Morgan fingerprint density at radius 2 is 1.77 bits per heavy atom. The summed E-state index contributed by atoms with van der Waals surface area (Å²) in [6.45, 7) is 1.53. The fourth-order valence-electron chi connectivity index (χ4n) is 3.95. The number of aliphatic hydroxyl groups excluding tert-OH is 1. The summed E-state index contributed by atoms with van der Waals surface area (Å²) in [6, 6.07) is 10.5. The van der Waals surface area contributed by atoms with Crippen LogP contribution in [0.2, 0.25) is 0 Å². The van der Waals surface area contributed by atoms with Gasteiger partial charge in [0.25, 0.3) is 0 Å². The summed E-state index contributed by atoms with van der Waals surface area (Å²) < 4.78 is 18.9. The third-order valence-electron chi connectivity index (χ3n) is 5.57. The van der Waals surface area contributed by atoms with Gasteiger partial charge in [0.1, 0.15) is 30.0 Å². The van der Waals surface area contributed by atoms with Crippen LogP contribution in [0.25, 0.3) is 0 Å². The van der Waals surface area contributed by atoms with Gasteiger partial charge in [0, 0.05) is 24.7 Å². The summed E-state index contributed by atoms with van der Waals surface area (Å²) in [4.78, 5) is 2.12. The van der Waals surface area contributed by atoms with Crippen LogP contribution in [0.3, 0.4) is 0 Å². The molecule has 2 heterocycles. The largest absolute Gasteiger partial charge is 0.508 e. The van der Waals surface area contributed by atoms with Crippen molar-refractivity contribution >= 4 is 0 Å². The molecule has 2 atom stereocenters. The van der Waals surface area contributed by atoms with E-state index in [0.717, 1.165) is 5.56 Å². The van der Waals surface area contributed by atoms with Crippen LogP contribution in [0.5, 0.6) is 11.5 Å². The van der Waals surface area contributed by atoms with E-state index >= 15 is 0 Å². The number of hydrogen-bond acceptors (Lipinski definition) is 5. The molecule has 3 N–H and O–H groups in total. The Balaban J connectivity index is 1.46. The van der Waals surface area contributed by atoms with Gasteiger partial charge in [-0.05, 0) is 42.7 Å². The molecular formula is C20H22FNO4. The first-order chi connectivity index (χ1) is 12.5. The summed E-state index contributed by atoms with van der Waals surface area (Å²) in [7, 11) is 0. The van der Waals surface area contributed by atoms with E-state index in [9.17, 15) is 19.7 Å². The van der Waals surface area contributed by atoms with E-state index < -0.39 is 11.7 Å². The number of halogens is 1. The van der Waals surface area contributed by atoms with Crippen LogP contribution in [-0.2, 0) is 5.60 Å². The number of aliphatic hydroxyl groups is 2. The van der Waals surface area contributed by atoms with Gasteiger partial charge in [-0.2, -0.15) is 0 Å². The number of likely N-dealkylation sites (tertiary alicyclic amines) is 1. The highest BCUT2D eigenvalue weighted by atomic mass is 19.1. The van der Waals surface area contributed by atoms with E-state index in [1.807, 2.05) is 0 Å². The van der Waals surface area contributed by atoms with E-state index in [-0.39, 0.29) is 17.6 Å². The van der Waals surface area contributed by atoms with Gasteiger partial charge in [0.05, 0.1) is 11.6 Å². The fourth-order valence-corrected chi connectivity index (χ4v) is 3.95. The lowest BCUT2D eigenvalue weighted by Gasteiger charge is -2.44. The number of benzene rings is 2. The van der Waals surface area contributed by atoms with Gasteiger partial charge < -0.3 is 20.1 Å². The lowest BCUT2D eigenvalue weighted by Crippen LogP contribution is -2.52. The number of ether oxygens (including phenoxy) is 1. The van der Waals surface area contributed by atoms with Crippen molar-refractivity contribution in [1.82, 2.24) is 4.90 Å². The molecule has 0 amide bonds. The molecule has 0 aromatic heterocycles. The van der Waals surface area contributed by atoms with Gasteiger partial charge in [-0.1, -0.05) is 12.1 Å². The van der Waals surface area contributed by atoms with Gasteiger partial charge in [0.2, 0.25) is 0 Å². The summed E-state index contributed by atoms with van der Waals surface area (Å²) in [6.07, 6.45) is 0.297. The molecule has 0 bridgehead atoms. The molecule has 0 spiro atoms. The first-order valence-corrected chi connectivity index (χ1v) is 8.82. The molecule has 138 valence electrons. The third-order valence-corrected chi connectivity index (χ3v) is 5.57. The Bertz CT molecular complexity index is 787. The Morgan fingerprint density at radius 3 is 2.46 bits per heavy atom. The fraction of sp³-hybridized carbons (Fsp3) is 0.400. The number of piperidine rings is 1. The molecule has 2 aliphatic heterocycles. The van der Waals surface area contributed by atoms with Crippen LogP contribution in [0.15, 0.2) is 42.5 Å². The van der Waals surface area contributed by atoms with Crippen LogP contribution in [0, 0.1) is 5.82 Å². The zero-order valence-electron chi connectivity index (χ0n) is 14.3. The van der Waals surface area contributed by atoms with E-state index in [1.54, 1.807) is 18.2 Å². The van der Waals surface area contributed by atoms with Gasteiger partial charge in [-0.25, -0.2) is 4.39 Å². The number of phenolic OH excluding ortho intramolecular Hbond substituents is 1. The molecule has 4 rings (SSSR count). The van der Waals surface area contributed by atoms with E-state index in [2.05, 4.69) is 4.90 Å². The second-order valence-corrected chi connectivity index (χ2v) is 7.12. The maximum absolute atomic E-state index is 13.1. The van der Waals surface area contributed by atoms with Crippen LogP contribution in [0.1, 0.15) is 30.1 Å². The van der Waals surface area contributed by atoms with Crippen LogP contribution < -0.4 is 4.74 Å². The van der Waals surface area contributed by atoms with E-state index in [0.29, 0.717) is 43.9 Å². The number of aromatic hydroxyl groups is 1. The molecule has 0 saturated carbocycles. The minimum absolute atomic E-state index is 0.108. The molecule has 0 aliphatic carbocycles. The van der Waals surface area contributed by atoms with Crippen molar-refractivity contribution in [2.75, 3.05) is 19.7 Å². The zero-order valence-corrected chi connectivity index (χ0v) is 14.3. The van der Waals surface area contributed by atoms with Gasteiger partial charge in [-0.3, -0.25) is 4.90 Å².